The molecule has 0 aromatic carbocycles. The van der Waals surface area contributed by atoms with Crippen LogP contribution in [0, 0.1) is 0 Å². The Kier molecular flexibility index (Phi) is 32.2. The minimum absolute atomic E-state index is 0.0667. The van der Waals surface area contributed by atoms with Crippen molar-refractivity contribution >= 4 is 18.2 Å². The van der Waals surface area contributed by atoms with Gasteiger partial charge in [-0.25, -0.2) is 0 Å². The Morgan fingerprint density at radius 1 is 0.694 bits per heavy atom. The van der Waals surface area contributed by atoms with E-state index in [1.165, 1.54) is 103 Å². The van der Waals surface area contributed by atoms with Gasteiger partial charge >= 0.3 is 5.97 Å². The Labute approximate surface area is 223 Å². The van der Waals surface area contributed by atoms with Crippen LogP contribution in [0.15, 0.2) is 0 Å². The molecule has 0 heterocycles. The second-order valence-corrected chi connectivity index (χ2v) is 10.0. The fourth-order valence-corrected chi connectivity index (χ4v) is 4.13. The summed E-state index contributed by atoms with van der Waals surface area (Å²) in [6, 6.07) is -0.638. The molecule has 0 fully saturated rings. The van der Waals surface area contributed by atoms with Gasteiger partial charge in [0.05, 0.1) is 0 Å². The summed E-state index contributed by atoms with van der Waals surface area (Å²) in [5.41, 5.74) is 0. The smallest absolute Gasteiger partial charge is 0.320 e. The lowest BCUT2D eigenvalue weighted by Gasteiger charge is -2.10. The summed E-state index contributed by atoms with van der Waals surface area (Å²) >= 11 is 0. The normalized spacial score (nSPS) is 11.4. The molecule has 1 atom stereocenters. The van der Waals surface area contributed by atoms with Gasteiger partial charge in [0.2, 0.25) is 5.91 Å². The number of carbonyl (C=O) groups is 3. The number of likely N-dealkylation sites (N-methyl/N-ethyl adjacent to an activating group) is 1. The molecule has 0 spiro atoms. The number of rotatable bonds is 26. The van der Waals surface area contributed by atoms with Crippen LogP contribution in [-0.2, 0) is 14.4 Å². The molecule has 0 rings (SSSR count). The van der Waals surface area contributed by atoms with E-state index in [-0.39, 0.29) is 12.3 Å². The van der Waals surface area contributed by atoms with Gasteiger partial charge in [-0.15, -0.1) is 0 Å². The largest absolute Gasteiger partial charge is 0.480 e. The second-order valence-electron chi connectivity index (χ2n) is 10.0. The zero-order valence-electron chi connectivity index (χ0n) is 24.1. The zero-order valence-corrected chi connectivity index (χ0v) is 24.1. The van der Waals surface area contributed by atoms with Gasteiger partial charge in [-0.3, -0.25) is 9.59 Å². The van der Waals surface area contributed by atoms with E-state index in [0.717, 1.165) is 32.0 Å². The first-order valence-electron chi connectivity index (χ1n) is 15.1. The quantitative estimate of drug-likeness (QED) is 0.0820. The second kappa shape index (κ2) is 31.6. The number of aliphatic carboxylic acids is 1. The number of hydrogen-bond donors (Lipinski definition) is 3. The Morgan fingerprint density at radius 3 is 1.50 bits per heavy atom. The van der Waals surface area contributed by atoms with Crippen LogP contribution in [0.5, 0.6) is 0 Å². The van der Waals surface area contributed by atoms with Crippen molar-refractivity contribution in [1.29, 1.82) is 0 Å². The Hall–Kier alpha value is -1.43. The first kappa shape index (κ1) is 36.7. The highest BCUT2D eigenvalue weighted by Crippen LogP contribution is 2.13. The van der Waals surface area contributed by atoms with Crippen molar-refractivity contribution in [2.45, 2.75) is 161 Å². The van der Waals surface area contributed by atoms with Crippen molar-refractivity contribution in [3.05, 3.63) is 0 Å². The number of carboxylic acid groups (broad SMARTS) is 1. The lowest BCUT2D eigenvalue weighted by atomic mass is 10.0. The van der Waals surface area contributed by atoms with Gasteiger partial charge in [-0.2, -0.15) is 0 Å². The van der Waals surface area contributed by atoms with Crippen molar-refractivity contribution in [3.8, 4) is 0 Å². The van der Waals surface area contributed by atoms with Crippen molar-refractivity contribution in [1.82, 2.24) is 10.6 Å². The van der Waals surface area contributed by atoms with E-state index in [1.54, 1.807) is 7.05 Å². The summed E-state index contributed by atoms with van der Waals surface area (Å²) in [6.45, 7) is 5.11. The number of unbranched alkanes of at least 4 members (excludes halogenated alkanes) is 18. The van der Waals surface area contributed by atoms with Crippen LogP contribution in [0.4, 0.5) is 0 Å². The average Bonchev–Trinajstić information content (AvgIpc) is 2.87. The fraction of sp³-hybridized carbons (Fsp3) is 0.900. The third-order valence-electron chi connectivity index (χ3n) is 6.58. The maximum atomic E-state index is 11.4. The van der Waals surface area contributed by atoms with Gasteiger partial charge in [-0.1, -0.05) is 123 Å². The summed E-state index contributed by atoms with van der Waals surface area (Å²) in [7, 11) is 1.58. The van der Waals surface area contributed by atoms with E-state index >= 15 is 0 Å². The van der Waals surface area contributed by atoms with E-state index in [2.05, 4.69) is 24.5 Å². The number of amides is 1. The molecule has 0 bridgehead atoms. The topological polar surface area (TPSA) is 95.5 Å². The molecule has 36 heavy (non-hydrogen) atoms. The minimum Gasteiger partial charge on any atom is -0.480 e. The summed E-state index contributed by atoms with van der Waals surface area (Å²) in [6.07, 6.45) is 27.7. The summed E-state index contributed by atoms with van der Waals surface area (Å²) in [4.78, 5) is 32.2. The van der Waals surface area contributed by atoms with Crippen LogP contribution in [0.1, 0.15) is 155 Å². The maximum absolute atomic E-state index is 11.4. The number of nitrogens with one attached hydrogen (secondary N) is 2. The van der Waals surface area contributed by atoms with Gasteiger partial charge < -0.3 is 20.5 Å². The SMILES string of the molecule is CCCCCCCCCCCCCCCCCC=O.CCCCCCNC(=O)CCC(NC)C(=O)O. The molecule has 0 aromatic rings. The predicted octanol–water partition coefficient (Wildman–Crippen LogP) is 7.58. The fourth-order valence-electron chi connectivity index (χ4n) is 4.13. The third kappa shape index (κ3) is 30.6. The summed E-state index contributed by atoms with van der Waals surface area (Å²) in [5.74, 6) is -0.980. The first-order valence-corrected chi connectivity index (χ1v) is 15.1. The predicted molar refractivity (Wildman–Crippen MR) is 152 cm³/mol. The van der Waals surface area contributed by atoms with Crippen molar-refractivity contribution < 1.29 is 19.5 Å². The van der Waals surface area contributed by atoms with Crippen LogP contribution in [0.2, 0.25) is 0 Å². The first-order chi connectivity index (χ1) is 17.5. The Bertz CT molecular complexity index is 486. The number of carboxylic acids is 1. The molecule has 0 aliphatic carbocycles. The number of aldehydes is 1. The van der Waals surface area contributed by atoms with Crippen LogP contribution in [0.25, 0.3) is 0 Å². The minimum atomic E-state index is -0.914. The molecule has 0 saturated heterocycles. The summed E-state index contributed by atoms with van der Waals surface area (Å²) < 4.78 is 0. The molecule has 0 aliphatic heterocycles. The van der Waals surface area contributed by atoms with Gasteiger partial charge in [0.15, 0.2) is 0 Å². The van der Waals surface area contributed by atoms with Crippen LogP contribution in [-0.4, -0.2) is 42.9 Å². The lowest BCUT2D eigenvalue weighted by Crippen LogP contribution is -2.35. The molecular formula is C30H60N2O4. The van der Waals surface area contributed by atoms with Gasteiger partial charge in [0.1, 0.15) is 12.3 Å². The molecule has 3 N–H and O–H groups in total. The molecule has 0 aromatic heterocycles. The monoisotopic (exact) mass is 512 g/mol. The highest BCUT2D eigenvalue weighted by Gasteiger charge is 2.15. The van der Waals surface area contributed by atoms with Crippen molar-refractivity contribution in [2.75, 3.05) is 13.6 Å². The van der Waals surface area contributed by atoms with E-state index in [0.29, 0.717) is 13.0 Å². The number of carbonyl (C=O) groups excluding carboxylic acids is 2. The molecule has 0 saturated carbocycles. The van der Waals surface area contributed by atoms with Crippen molar-refractivity contribution in [2.24, 2.45) is 0 Å². The molecule has 0 radical (unpaired) electrons. The molecule has 0 aliphatic rings. The maximum Gasteiger partial charge on any atom is 0.320 e. The van der Waals surface area contributed by atoms with E-state index in [9.17, 15) is 14.4 Å². The summed E-state index contributed by atoms with van der Waals surface area (Å²) in [5, 5.41) is 14.2. The zero-order chi connectivity index (χ0) is 27.1. The Morgan fingerprint density at radius 2 is 1.11 bits per heavy atom. The van der Waals surface area contributed by atoms with Crippen LogP contribution >= 0.6 is 0 Å². The van der Waals surface area contributed by atoms with E-state index < -0.39 is 12.0 Å². The molecule has 6 nitrogen and oxygen atoms in total. The van der Waals surface area contributed by atoms with Crippen LogP contribution < -0.4 is 10.6 Å². The molecular weight excluding hydrogens is 452 g/mol. The van der Waals surface area contributed by atoms with E-state index in [4.69, 9.17) is 5.11 Å². The molecule has 1 unspecified atom stereocenters. The van der Waals surface area contributed by atoms with Crippen molar-refractivity contribution in [3.63, 3.8) is 0 Å². The van der Waals surface area contributed by atoms with E-state index in [1.807, 2.05) is 0 Å². The molecule has 1 amide bonds. The molecule has 214 valence electrons. The third-order valence-corrected chi connectivity index (χ3v) is 6.58. The van der Waals surface area contributed by atoms with Gasteiger partial charge in [0, 0.05) is 19.4 Å². The van der Waals surface area contributed by atoms with Crippen LogP contribution in [0.3, 0.4) is 0 Å². The number of hydrogen-bond acceptors (Lipinski definition) is 4. The Balaban J connectivity index is 0. The van der Waals surface area contributed by atoms with Gasteiger partial charge in [-0.05, 0) is 26.3 Å². The highest BCUT2D eigenvalue weighted by molar-refractivity contribution is 5.78. The highest BCUT2D eigenvalue weighted by atomic mass is 16.4. The van der Waals surface area contributed by atoms with Gasteiger partial charge in [0.25, 0.3) is 0 Å². The molecule has 6 heteroatoms. The standard InChI is InChI=1S/C18H36O.C12H24N2O3/c1-2-3-4-5-6-7-8-9-10-11-12-13-14-15-16-17-18-19;1-3-4-5-6-9-14-11(15)8-7-10(13-2)12(16)17/h18H,2-17H2,1H3;10,13H,3-9H2,1-2H3,(H,14,15)(H,16,17). The lowest BCUT2D eigenvalue weighted by molar-refractivity contribution is -0.139. The average molecular weight is 513 g/mol.